The van der Waals surface area contributed by atoms with Crippen molar-refractivity contribution in [3.8, 4) is 0 Å². The predicted octanol–water partition coefficient (Wildman–Crippen LogP) is 1.26. The molecule has 2 rings (SSSR count). The Morgan fingerprint density at radius 2 is 2.50 bits per heavy atom. The van der Waals surface area contributed by atoms with Crippen molar-refractivity contribution >= 4 is 18.2 Å². The molecule has 0 aliphatic carbocycles. The maximum atomic E-state index is 5.73. The second-order valence-electron chi connectivity index (χ2n) is 3.62. The molecule has 14 heavy (non-hydrogen) atoms. The Hall–Kier alpha value is -0.880. The fourth-order valence-corrected chi connectivity index (χ4v) is 2.17. The standard InChI is InChI=1S/C8H14N4OS/c1-5-4-6(2-3-13-5)12-7(9)10-11-8(12)14/h5-6H,2-4H2,1H3,(H2,9,10)(H,11,14). The first-order valence-electron chi connectivity index (χ1n) is 4.72. The zero-order chi connectivity index (χ0) is 10.1. The lowest BCUT2D eigenvalue weighted by Crippen LogP contribution is -2.26. The molecule has 2 unspecified atom stereocenters. The number of nitrogen functional groups attached to an aromatic ring is 1. The molecule has 0 amide bonds. The lowest BCUT2D eigenvalue weighted by molar-refractivity contribution is 0.00607. The fourth-order valence-electron chi connectivity index (χ4n) is 1.88. The Kier molecular flexibility index (Phi) is 2.56. The predicted molar refractivity (Wildman–Crippen MR) is 55.5 cm³/mol. The molecule has 0 spiro atoms. The van der Waals surface area contributed by atoms with Gasteiger partial charge in [0.15, 0.2) is 4.77 Å². The average molecular weight is 214 g/mol. The number of hydrogen-bond acceptors (Lipinski definition) is 4. The van der Waals surface area contributed by atoms with E-state index in [9.17, 15) is 0 Å². The molecule has 1 aromatic rings. The number of nitrogens with zero attached hydrogens (tertiary/aromatic N) is 2. The van der Waals surface area contributed by atoms with Crippen LogP contribution in [0.15, 0.2) is 0 Å². The van der Waals surface area contributed by atoms with Gasteiger partial charge in [-0.15, -0.1) is 5.10 Å². The van der Waals surface area contributed by atoms with Crippen molar-refractivity contribution in [2.45, 2.75) is 31.9 Å². The van der Waals surface area contributed by atoms with Gasteiger partial charge in [0, 0.05) is 12.6 Å². The number of nitrogens with two attached hydrogens (primary N) is 1. The van der Waals surface area contributed by atoms with Crippen LogP contribution in [-0.2, 0) is 4.74 Å². The third-order valence-electron chi connectivity index (χ3n) is 2.55. The second-order valence-corrected chi connectivity index (χ2v) is 4.00. The molecule has 0 aromatic carbocycles. The molecule has 3 N–H and O–H groups in total. The van der Waals surface area contributed by atoms with Crippen molar-refractivity contribution in [2.75, 3.05) is 12.3 Å². The third-order valence-corrected chi connectivity index (χ3v) is 2.84. The van der Waals surface area contributed by atoms with E-state index in [1.807, 2.05) is 4.57 Å². The number of ether oxygens (including phenoxy) is 1. The Balaban J connectivity index is 2.26. The summed E-state index contributed by atoms with van der Waals surface area (Å²) in [6, 6.07) is 0.324. The molecule has 1 fully saturated rings. The largest absolute Gasteiger partial charge is 0.378 e. The van der Waals surface area contributed by atoms with Crippen molar-refractivity contribution in [1.82, 2.24) is 14.8 Å². The van der Waals surface area contributed by atoms with Crippen LogP contribution in [-0.4, -0.2) is 27.5 Å². The van der Waals surface area contributed by atoms with Crippen molar-refractivity contribution < 1.29 is 4.74 Å². The summed E-state index contributed by atoms with van der Waals surface area (Å²) < 4.78 is 7.95. The van der Waals surface area contributed by atoms with E-state index in [0.29, 0.717) is 16.8 Å². The summed E-state index contributed by atoms with van der Waals surface area (Å²) in [5.41, 5.74) is 5.73. The van der Waals surface area contributed by atoms with Gasteiger partial charge in [-0.1, -0.05) is 0 Å². The van der Waals surface area contributed by atoms with E-state index in [2.05, 4.69) is 17.1 Å². The summed E-state index contributed by atoms with van der Waals surface area (Å²) in [6.07, 6.45) is 2.16. The van der Waals surface area contributed by atoms with Crippen molar-refractivity contribution in [3.63, 3.8) is 0 Å². The molecular formula is C8H14N4OS. The van der Waals surface area contributed by atoms with Gasteiger partial charge in [-0.3, -0.25) is 4.57 Å². The van der Waals surface area contributed by atoms with Gasteiger partial charge < -0.3 is 10.5 Å². The maximum absolute atomic E-state index is 5.73. The summed E-state index contributed by atoms with van der Waals surface area (Å²) in [5.74, 6) is 0.467. The minimum atomic E-state index is 0.268. The van der Waals surface area contributed by atoms with Crippen LogP contribution in [0.5, 0.6) is 0 Å². The first-order chi connectivity index (χ1) is 6.68. The van der Waals surface area contributed by atoms with Crippen LogP contribution in [0.4, 0.5) is 5.95 Å². The van der Waals surface area contributed by atoms with Crippen molar-refractivity contribution in [3.05, 3.63) is 4.77 Å². The summed E-state index contributed by atoms with van der Waals surface area (Å²) in [7, 11) is 0. The SMILES string of the molecule is CC1CC(n2c(N)n[nH]c2=S)CCO1. The van der Waals surface area contributed by atoms with E-state index in [-0.39, 0.29) is 6.10 Å². The van der Waals surface area contributed by atoms with Gasteiger partial charge in [0.25, 0.3) is 0 Å². The van der Waals surface area contributed by atoms with Crippen LogP contribution in [0.1, 0.15) is 25.8 Å². The van der Waals surface area contributed by atoms with Gasteiger partial charge in [-0.05, 0) is 32.0 Å². The van der Waals surface area contributed by atoms with E-state index in [0.717, 1.165) is 19.4 Å². The Morgan fingerprint density at radius 3 is 3.07 bits per heavy atom. The number of rotatable bonds is 1. The zero-order valence-electron chi connectivity index (χ0n) is 8.06. The molecular weight excluding hydrogens is 200 g/mol. The summed E-state index contributed by atoms with van der Waals surface area (Å²) >= 11 is 5.12. The molecule has 2 atom stereocenters. The number of anilines is 1. The van der Waals surface area contributed by atoms with Crippen LogP contribution in [0, 0.1) is 4.77 Å². The quantitative estimate of drug-likeness (QED) is 0.691. The Labute approximate surface area is 87.3 Å². The Bertz CT molecular complexity index is 372. The minimum Gasteiger partial charge on any atom is -0.378 e. The fraction of sp³-hybridized carbons (Fsp3) is 0.750. The van der Waals surface area contributed by atoms with Gasteiger partial charge in [0.1, 0.15) is 0 Å². The maximum Gasteiger partial charge on any atom is 0.220 e. The molecule has 1 aromatic heterocycles. The van der Waals surface area contributed by atoms with Crippen molar-refractivity contribution in [1.29, 1.82) is 0 Å². The number of H-pyrrole nitrogens is 1. The van der Waals surface area contributed by atoms with Crippen LogP contribution >= 0.6 is 12.2 Å². The molecule has 0 bridgehead atoms. The van der Waals surface area contributed by atoms with Crippen LogP contribution in [0.2, 0.25) is 0 Å². The van der Waals surface area contributed by atoms with Gasteiger partial charge in [0.2, 0.25) is 5.95 Å². The van der Waals surface area contributed by atoms with Crippen LogP contribution in [0.25, 0.3) is 0 Å². The van der Waals surface area contributed by atoms with E-state index in [1.165, 1.54) is 0 Å². The first kappa shape index (κ1) is 9.67. The zero-order valence-corrected chi connectivity index (χ0v) is 8.88. The molecule has 2 heterocycles. The molecule has 1 aliphatic heterocycles. The molecule has 0 radical (unpaired) electrons. The highest BCUT2D eigenvalue weighted by Crippen LogP contribution is 2.26. The van der Waals surface area contributed by atoms with E-state index < -0.39 is 0 Å². The number of hydrogen-bond donors (Lipinski definition) is 2. The lowest BCUT2D eigenvalue weighted by atomic mass is 10.0. The van der Waals surface area contributed by atoms with Crippen LogP contribution < -0.4 is 5.73 Å². The topological polar surface area (TPSA) is 68.9 Å². The lowest BCUT2D eigenvalue weighted by Gasteiger charge is -2.28. The molecule has 6 heteroatoms. The highest BCUT2D eigenvalue weighted by atomic mass is 32.1. The monoisotopic (exact) mass is 214 g/mol. The molecule has 1 aliphatic rings. The number of aromatic nitrogens is 3. The summed E-state index contributed by atoms with van der Waals surface area (Å²) in [4.78, 5) is 0. The smallest absolute Gasteiger partial charge is 0.220 e. The molecule has 5 nitrogen and oxygen atoms in total. The molecule has 78 valence electrons. The highest BCUT2D eigenvalue weighted by molar-refractivity contribution is 7.71. The third kappa shape index (κ3) is 1.67. The molecule has 1 saturated heterocycles. The van der Waals surface area contributed by atoms with Gasteiger partial charge >= 0.3 is 0 Å². The van der Waals surface area contributed by atoms with E-state index >= 15 is 0 Å². The second kappa shape index (κ2) is 3.70. The number of nitrogens with one attached hydrogen (secondary N) is 1. The van der Waals surface area contributed by atoms with Gasteiger partial charge in [-0.25, -0.2) is 5.10 Å². The average Bonchev–Trinajstić information content (AvgIpc) is 2.46. The Morgan fingerprint density at radius 1 is 1.71 bits per heavy atom. The van der Waals surface area contributed by atoms with E-state index in [4.69, 9.17) is 22.7 Å². The number of aromatic amines is 1. The summed E-state index contributed by atoms with van der Waals surface area (Å²) in [6.45, 7) is 2.82. The van der Waals surface area contributed by atoms with Gasteiger partial charge in [0.05, 0.1) is 6.10 Å². The highest BCUT2D eigenvalue weighted by Gasteiger charge is 2.22. The molecule has 0 saturated carbocycles. The van der Waals surface area contributed by atoms with Crippen LogP contribution in [0.3, 0.4) is 0 Å². The van der Waals surface area contributed by atoms with Gasteiger partial charge in [-0.2, -0.15) is 0 Å². The normalized spacial score (nSPS) is 27.8. The minimum absolute atomic E-state index is 0.268. The van der Waals surface area contributed by atoms with Crippen molar-refractivity contribution in [2.24, 2.45) is 0 Å². The van der Waals surface area contributed by atoms with E-state index in [1.54, 1.807) is 0 Å². The summed E-state index contributed by atoms with van der Waals surface area (Å²) in [5, 5.41) is 6.60. The first-order valence-corrected chi connectivity index (χ1v) is 5.13.